The fourth-order valence-electron chi connectivity index (χ4n) is 1.83. The van der Waals surface area contributed by atoms with Crippen LogP contribution < -0.4 is 10.6 Å². The van der Waals surface area contributed by atoms with Gasteiger partial charge in [0.2, 0.25) is 5.91 Å². The molecule has 0 aliphatic carbocycles. The Labute approximate surface area is 89.0 Å². The van der Waals surface area contributed by atoms with Gasteiger partial charge in [-0.25, -0.2) is 0 Å². The zero-order chi connectivity index (χ0) is 10.7. The van der Waals surface area contributed by atoms with Crippen molar-refractivity contribution < 1.29 is 9.21 Å². The van der Waals surface area contributed by atoms with Gasteiger partial charge in [-0.2, -0.15) is 0 Å². The predicted molar refractivity (Wildman–Crippen MR) is 56.3 cm³/mol. The lowest BCUT2D eigenvalue weighted by molar-refractivity contribution is -0.123. The van der Waals surface area contributed by atoms with Crippen LogP contribution in [0.25, 0.3) is 0 Å². The molecule has 0 unspecified atom stereocenters. The van der Waals surface area contributed by atoms with E-state index in [2.05, 4.69) is 10.6 Å². The van der Waals surface area contributed by atoms with E-state index in [9.17, 15) is 4.79 Å². The molecule has 15 heavy (non-hydrogen) atoms. The zero-order valence-electron chi connectivity index (χ0n) is 8.82. The number of nitrogens with one attached hydrogen (secondary N) is 2. The minimum atomic E-state index is -0.0603. The lowest BCUT2D eigenvalue weighted by Crippen LogP contribution is -2.41. The van der Waals surface area contributed by atoms with E-state index in [1.807, 2.05) is 19.1 Å². The fourth-order valence-corrected chi connectivity index (χ4v) is 1.83. The van der Waals surface area contributed by atoms with Crippen molar-refractivity contribution in [1.82, 2.24) is 10.6 Å². The Hall–Kier alpha value is -1.29. The van der Waals surface area contributed by atoms with Crippen molar-refractivity contribution in [2.24, 2.45) is 0 Å². The van der Waals surface area contributed by atoms with Gasteiger partial charge < -0.3 is 15.1 Å². The van der Waals surface area contributed by atoms with E-state index in [4.69, 9.17) is 4.42 Å². The average Bonchev–Trinajstić information content (AvgIpc) is 2.91. The molecule has 82 valence electrons. The van der Waals surface area contributed by atoms with Gasteiger partial charge in [0.15, 0.2) is 0 Å². The second-order valence-electron chi connectivity index (χ2n) is 3.89. The molecule has 2 heterocycles. The highest BCUT2D eigenvalue weighted by Crippen LogP contribution is 2.13. The summed E-state index contributed by atoms with van der Waals surface area (Å²) in [6, 6.07) is 3.61. The third kappa shape index (κ3) is 2.39. The molecule has 2 N–H and O–H groups in total. The van der Waals surface area contributed by atoms with Gasteiger partial charge >= 0.3 is 0 Å². The molecular formula is C11H16N2O2. The topological polar surface area (TPSA) is 54.3 Å². The van der Waals surface area contributed by atoms with Gasteiger partial charge in [-0.15, -0.1) is 0 Å². The van der Waals surface area contributed by atoms with E-state index in [-0.39, 0.29) is 18.0 Å². The molecule has 4 nitrogen and oxygen atoms in total. The quantitative estimate of drug-likeness (QED) is 0.785. The van der Waals surface area contributed by atoms with E-state index in [0.29, 0.717) is 0 Å². The monoisotopic (exact) mass is 208 g/mol. The van der Waals surface area contributed by atoms with Crippen LogP contribution >= 0.6 is 0 Å². The molecule has 0 aromatic carbocycles. The normalized spacial score (nSPS) is 22.6. The van der Waals surface area contributed by atoms with Gasteiger partial charge in [0, 0.05) is 0 Å². The summed E-state index contributed by atoms with van der Waals surface area (Å²) in [6.07, 6.45) is 3.62. The maximum atomic E-state index is 11.7. The summed E-state index contributed by atoms with van der Waals surface area (Å²) in [5.41, 5.74) is 0. The summed E-state index contributed by atoms with van der Waals surface area (Å²) in [5.74, 6) is 0.859. The molecule has 2 rings (SSSR count). The van der Waals surface area contributed by atoms with Crippen molar-refractivity contribution in [3.05, 3.63) is 24.2 Å². The largest absolute Gasteiger partial charge is 0.467 e. The minimum absolute atomic E-state index is 0.0255. The van der Waals surface area contributed by atoms with Crippen LogP contribution in [-0.2, 0) is 4.79 Å². The van der Waals surface area contributed by atoms with Crippen molar-refractivity contribution in [2.45, 2.75) is 31.8 Å². The van der Waals surface area contributed by atoms with Gasteiger partial charge in [0.1, 0.15) is 5.76 Å². The summed E-state index contributed by atoms with van der Waals surface area (Å²) in [7, 11) is 0. The maximum Gasteiger partial charge on any atom is 0.237 e. The van der Waals surface area contributed by atoms with E-state index in [1.54, 1.807) is 6.26 Å². The summed E-state index contributed by atoms with van der Waals surface area (Å²) >= 11 is 0. The van der Waals surface area contributed by atoms with Crippen LogP contribution in [0, 0.1) is 0 Å². The van der Waals surface area contributed by atoms with Gasteiger partial charge in [-0.3, -0.25) is 4.79 Å². The van der Waals surface area contributed by atoms with Crippen LogP contribution in [0.5, 0.6) is 0 Å². The molecule has 1 aromatic rings. The lowest BCUT2D eigenvalue weighted by atomic mass is 10.2. The third-order valence-electron chi connectivity index (χ3n) is 2.71. The van der Waals surface area contributed by atoms with Crippen LogP contribution in [0.4, 0.5) is 0 Å². The molecule has 0 spiro atoms. The third-order valence-corrected chi connectivity index (χ3v) is 2.71. The Morgan fingerprint density at radius 2 is 2.60 bits per heavy atom. The zero-order valence-corrected chi connectivity index (χ0v) is 8.82. The molecular weight excluding hydrogens is 192 g/mol. The molecule has 0 radical (unpaired) electrons. The molecule has 1 aromatic heterocycles. The van der Waals surface area contributed by atoms with Crippen LogP contribution in [-0.4, -0.2) is 18.5 Å². The molecule has 1 saturated heterocycles. The van der Waals surface area contributed by atoms with Gasteiger partial charge in [-0.1, -0.05) is 0 Å². The fraction of sp³-hybridized carbons (Fsp3) is 0.545. The average molecular weight is 208 g/mol. The highest BCUT2D eigenvalue weighted by molar-refractivity contribution is 5.82. The number of carbonyl (C=O) groups excluding carboxylic acids is 1. The molecule has 0 saturated carbocycles. The van der Waals surface area contributed by atoms with Crippen molar-refractivity contribution in [3.8, 4) is 0 Å². The van der Waals surface area contributed by atoms with Crippen molar-refractivity contribution >= 4 is 5.91 Å². The molecule has 1 fully saturated rings. The van der Waals surface area contributed by atoms with E-state index in [1.165, 1.54) is 0 Å². The van der Waals surface area contributed by atoms with Crippen molar-refractivity contribution in [1.29, 1.82) is 0 Å². The minimum Gasteiger partial charge on any atom is -0.467 e. The van der Waals surface area contributed by atoms with Gasteiger partial charge in [0.05, 0.1) is 18.3 Å². The lowest BCUT2D eigenvalue weighted by Gasteiger charge is -2.15. The summed E-state index contributed by atoms with van der Waals surface area (Å²) in [5, 5.41) is 6.09. The number of amides is 1. The standard InChI is InChI=1S/C11H16N2O2/c1-8(10-5-3-7-15-10)13-11(14)9-4-2-6-12-9/h3,5,7-9,12H,2,4,6H2,1H3,(H,13,14)/t8-,9+/m0/s1. The summed E-state index contributed by atoms with van der Waals surface area (Å²) in [6.45, 7) is 2.86. The molecule has 2 atom stereocenters. The van der Waals surface area contributed by atoms with Crippen LogP contribution in [0.3, 0.4) is 0 Å². The number of hydrogen-bond acceptors (Lipinski definition) is 3. The van der Waals surface area contributed by atoms with E-state index < -0.39 is 0 Å². The predicted octanol–water partition coefficient (Wildman–Crippen LogP) is 1.21. The SMILES string of the molecule is C[C@H](NC(=O)[C@H]1CCCN1)c1ccco1. The summed E-state index contributed by atoms with van der Waals surface area (Å²) in [4.78, 5) is 11.7. The summed E-state index contributed by atoms with van der Waals surface area (Å²) < 4.78 is 5.22. The molecule has 1 aliphatic heterocycles. The smallest absolute Gasteiger partial charge is 0.237 e. The number of hydrogen-bond donors (Lipinski definition) is 2. The van der Waals surface area contributed by atoms with Crippen molar-refractivity contribution in [3.63, 3.8) is 0 Å². The van der Waals surface area contributed by atoms with E-state index in [0.717, 1.165) is 25.1 Å². The van der Waals surface area contributed by atoms with E-state index >= 15 is 0 Å². The first kappa shape index (κ1) is 10.2. The second-order valence-corrected chi connectivity index (χ2v) is 3.89. The second kappa shape index (κ2) is 4.49. The Kier molecular flexibility index (Phi) is 3.06. The first-order valence-electron chi connectivity index (χ1n) is 5.34. The Morgan fingerprint density at radius 1 is 1.73 bits per heavy atom. The molecule has 1 aliphatic rings. The Bertz CT molecular complexity index is 315. The van der Waals surface area contributed by atoms with Crippen molar-refractivity contribution in [2.75, 3.05) is 6.54 Å². The highest BCUT2D eigenvalue weighted by atomic mass is 16.3. The van der Waals surface area contributed by atoms with Gasteiger partial charge in [0.25, 0.3) is 0 Å². The molecule has 0 bridgehead atoms. The van der Waals surface area contributed by atoms with Crippen LogP contribution in [0.2, 0.25) is 0 Å². The Balaban J connectivity index is 1.88. The number of furan rings is 1. The first-order chi connectivity index (χ1) is 7.27. The Morgan fingerprint density at radius 3 is 3.20 bits per heavy atom. The van der Waals surface area contributed by atoms with Gasteiger partial charge in [-0.05, 0) is 38.4 Å². The number of rotatable bonds is 3. The van der Waals surface area contributed by atoms with Crippen LogP contribution in [0.15, 0.2) is 22.8 Å². The highest BCUT2D eigenvalue weighted by Gasteiger charge is 2.23. The molecule has 4 heteroatoms. The first-order valence-corrected chi connectivity index (χ1v) is 5.34. The van der Waals surface area contributed by atoms with Crippen LogP contribution in [0.1, 0.15) is 31.6 Å². The molecule has 1 amide bonds. The maximum absolute atomic E-state index is 11.7. The number of carbonyl (C=O) groups is 1.